The Kier molecular flexibility index (Phi) is 9.24. The van der Waals surface area contributed by atoms with E-state index in [1.807, 2.05) is 43.3 Å². The molecule has 3 rings (SSSR count). The maximum atomic E-state index is 13.0. The summed E-state index contributed by atoms with van der Waals surface area (Å²) in [6.45, 7) is 3.45. The molecule has 0 spiro atoms. The van der Waals surface area contributed by atoms with Crippen LogP contribution in [0.3, 0.4) is 0 Å². The molecule has 1 aromatic rings. The summed E-state index contributed by atoms with van der Waals surface area (Å²) in [4.78, 5) is 24.4. The summed E-state index contributed by atoms with van der Waals surface area (Å²) in [5.41, 5.74) is 1.83. The first-order chi connectivity index (χ1) is 16.4. The van der Waals surface area contributed by atoms with Gasteiger partial charge in [-0.25, -0.2) is 0 Å². The molecule has 180 valence electrons. The smallest absolute Gasteiger partial charge is 0.253 e. The monoisotopic (exact) mass is 480 g/mol. The van der Waals surface area contributed by atoms with E-state index >= 15 is 0 Å². The first-order valence-corrected chi connectivity index (χ1v) is 12.1. The van der Waals surface area contributed by atoms with Gasteiger partial charge in [-0.2, -0.15) is 0 Å². The van der Waals surface area contributed by atoms with Crippen molar-refractivity contribution in [2.24, 2.45) is 9.98 Å². The number of amides is 1. The Labute approximate surface area is 205 Å². The third-order valence-electron chi connectivity index (χ3n) is 5.61. The SMILES string of the molecule is C/C=C\C(SNc1ccc(C(=O)N2CCC(O)(CC(=N)/C=C\NC)CC2)cc1)=C1/CN=CC=N1. The fourth-order valence-electron chi connectivity index (χ4n) is 3.71. The van der Waals surface area contributed by atoms with Crippen LogP contribution in [-0.4, -0.2) is 66.3 Å². The molecule has 0 radical (unpaired) electrons. The van der Waals surface area contributed by atoms with Gasteiger partial charge in [0.1, 0.15) is 0 Å². The van der Waals surface area contributed by atoms with Crippen molar-refractivity contribution in [3.05, 3.63) is 64.9 Å². The average molecular weight is 481 g/mol. The zero-order valence-corrected chi connectivity index (χ0v) is 20.4. The maximum Gasteiger partial charge on any atom is 0.253 e. The lowest BCUT2D eigenvalue weighted by molar-refractivity contribution is -0.0109. The highest BCUT2D eigenvalue weighted by atomic mass is 32.2. The van der Waals surface area contributed by atoms with Gasteiger partial charge in [0.25, 0.3) is 5.91 Å². The maximum absolute atomic E-state index is 13.0. The van der Waals surface area contributed by atoms with Gasteiger partial charge in [0.05, 0.1) is 22.7 Å². The minimum Gasteiger partial charge on any atom is -0.394 e. The number of aliphatic imine (C=N–C) groups is 2. The fourth-order valence-corrected chi connectivity index (χ4v) is 4.51. The number of nitrogens with one attached hydrogen (secondary N) is 3. The standard InChI is InChI=1S/C25H32N6O2S/c1-3-4-23(22-18-28-13-14-29-22)34-30-21-7-5-19(6-8-21)24(32)31-15-10-25(33,11-16-31)17-20(26)9-12-27-2/h3-9,12-14,26-27,30,33H,10-11,15-18H2,1-2H3/b4-3-,12-9-,23-22-,26-20?. The highest BCUT2D eigenvalue weighted by Gasteiger charge is 2.34. The van der Waals surface area contributed by atoms with Gasteiger partial charge in [0, 0.05) is 55.9 Å². The molecule has 4 N–H and O–H groups in total. The Bertz CT molecular complexity index is 1020. The number of piperidine rings is 1. The van der Waals surface area contributed by atoms with E-state index in [1.54, 1.807) is 36.7 Å². The van der Waals surface area contributed by atoms with E-state index in [1.165, 1.54) is 11.9 Å². The van der Waals surface area contributed by atoms with E-state index in [9.17, 15) is 9.90 Å². The molecule has 2 aliphatic heterocycles. The van der Waals surface area contributed by atoms with Gasteiger partial charge in [-0.05, 0) is 74.3 Å². The van der Waals surface area contributed by atoms with Crippen molar-refractivity contribution >= 4 is 41.7 Å². The van der Waals surface area contributed by atoms with Crippen molar-refractivity contribution in [2.75, 3.05) is 31.4 Å². The molecule has 0 unspecified atom stereocenters. The molecule has 2 aliphatic rings. The number of aliphatic hydroxyl groups is 1. The van der Waals surface area contributed by atoms with Crippen LogP contribution in [0.4, 0.5) is 5.69 Å². The van der Waals surface area contributed by atoms with Crippen LogP contribution < -0.4 is 10.0 Å². The Morgan fingerprint density at radius 1 is 1.24 bits per heavy atom. The summed E-state index contributed by atoms with van der Waals surface area (Å²) in [6, 6.07) is 7.40. The van der Waals surface area contributed by atoms with Crippen LogP contribution in [0.5, 0.6) is 0 Å². The predicted octanol–water partition coefficient (Wildman–Crippen LogP) is 3.80. The zero-order chi connectivity index (χ0) is 24.4. The van der Waals surface area contributed by atoms with Gasteiger partial charge >= 0.3 is 0 Å². The Hall–Kier alpha value is -3.17. The molecule has 9 heteroatoms. The van der Waals surface area contributed by atoms with Crippen molar-refractivity contribution in [3.8, 4) is 0 Å². The number of hydrogen-bond donors (Lipinski definition) is 4. The van der Waals surface area contributed by atoms with Gasteiger partial charge in [0.15, 0.2) is 0 Å². The van der Waals surface area contributed by atoms with Crippen LogP contribution in [0, 0.1) is 5.41 Å². The third-order valence-corrected chi connectivity index (χ3v) is 6.54. The van der Waals surface area contributed by atoms with Crippen LogP contribution in [0.15, 0.2) is 69.3 Å². The predicted molar refractivity (Wildman–Crippen MR) is 142 cm³/mol. The van der Waals surface area contributed by atoms with Crippen molar-refractivity contribution in [2.45, 2.75) is 31.8 Å². The van der Waals surface area contributed by atoms with Crippen molar-refractivity contribution in [1.82, 2.24) is 10.2 Å². The molecule has 1 fully saturated rings. The van der Waals surface area contributed by atoms with Crippen LogP contribution in [0.1, 0.15) is 36.5 Å². The second-order valence-corrected chi connectivity index (χ2v) is 9.05. The molecule has 0 aliphatic carbocycles. The molecule has 34 heavy (non-hydrogen) atoms. The molecule has 1 aromatic carbocycles. The molecule has 0 bridgehead atoms. The largest absolute Gasteiger partial charge is 0.394 e. The van der Waals surface area contributed by atoms with Gasteiger partial charge in [-0.1, -0.05) is 6.08 Å². The lowest BCUT2D eigenvalue weighted by Crippen LogP contribution is -2.47. The summed E-state index contributed by atoms with van der Waals surface area (Å²) < 4.78 is 3.31. The summed E-state index contributed by atoms with van der Waals surface area (Å²) in [6.07, 6.45) is 11.9. The number of benzene rings is 1. The molecule has 8 nitrogen and oxygen atoms in total. The van der Waals surface area contributed by atoms with E-state index in [-0.39, 0.29) is 12.3 Å². The van der Waals surface area contributed by atoms with Crippen LogP contribution >= 0.6 is 11.9 Å². The minimum atomic E-state index is -0.941. The number of hydrogen-bond acceptors (Lipinski definition) is 8. The summed E-state index contributed by atoms with van der Waals surface area (Å²) in [5, 5.41) is 21.7. The number of rotatable bonds is 9. The quantitative estimate of drug-likeness (QED) is 0.317. The topological polar surface area (TPSA) is 113 Å². The lowest BCUT2D eigenvalue weighted by atomic mass is 9.86. The van der Waals surface area contributed by atoms with E-state index in [0.29, 0.717) is 43.8 Å². The molecular weight excluding hydrogens is 448 g/mol. The number of carbonyl (C=O) groups is 1. The zero-order valence-electron chi connectivity index (χ0n) is 19.6. The van der Waals surface area contributed by atoms with Crippen molar-refractivity contribution < 1.29 is 9.90 Å². The highest BCUT2D eigenvalue weighted by Crippen LogP contribution is 2.28. The summed E-state index contributed by atoms with van der Waals surface area (Å²) in [7, 11) is 1.77. The molecule has 0 saturated carbocycles. The van der Waals surface area contributed by atoms with Gasteiger partial charge in [-0.15, -0.1) is 0 Å². The number of likely N-dealkylation sites (tertiary alicyclic amines) is 1. The average Bonchev–Trinajstić information content (AvgIpc) is 2.86. The normalized spacial score (nSPS) is 19.0. The fraction of sp³-hybridized carbons (Fsp3) is 0.360. The van der Waals surface area contributed by atoms with Crippen LogP contribution in [0.25, 0.3) is 0 Å². The summed E-state index contributed by atoms with van der Waals surface area (Å²) in [5.74, 6) is -0.0439. The lowest BCUT2D eigenvalue weighted by Gasteiger charge is -2.38. The molecule has 1 saturated heterocycles. The first-order valence-electron chi connectivity index (χ1n) is 11.3. The van der Waals surface area contributed by atoms with Crippen LogP contribution in [-0.2, 0) is 0 Å². The Balaban J connectivity index is 1.54. The second-order valence-electron chi connectivity index (χ2n) is 8.20. The minimum absolute atomic E-state index is 0.0439. The van der Waals surface area contributed by atoms with Gasteiger partial charge in [-0.3, -0.25) is 14.8 Å². The third kappa shape index (κ3) is 7.16. The summed E-state index contributed by atoms with van der Waals surface area (Å²) >= 11 is 1.46. The molecular formula is C25H32N6O2S. The van der Waals surface area contributed by atoms with Crippen LogP contribution in [0.2, 0.25) is 0 Å². The molecule has 1 amide bonds. The number of allylic oxidation sites excluding steroid dienone is 3. The Morgan fingerprint density at radius 3 is 2.59 bits per heavy atom. The molecule has 2 heterocycles. The number of carbonyl (C=O) groups excluding carboxylic acids is 1. The van der Waals surface area contributed by atoms with Crippen molar-refractivity contribution in [1.29, 1.82) is 5.41 Å². The van der Waals surface area contributed by atoms with Gasteiger partial charge < -0.3 is 25.5 Å². The van der Waals surface area contributed by atoms with Gasteiger partial charge in [0.2, 0.25) is 0 Å². The molecule has 0 atom stereocenters. The van der Waals surface area contributed by atoms with E-state index in [2.05, 4.69) is 20.0 Å². The van der Waals surface area contributed by atoms with E-state index in [4.69, 9.17) is 5.41 Å². The van der Waals surface area contributed by atoms with E-state index in [0.717, 1.165) is 16.3 Å². The molecule has 0 aromatic heterocycles. The second kappa shape index (κ2) is 12.3. The van der Waals surface area contributed by atoms with E-state index < -0.39 is 5.60 Å². The number of nitrogens with zero attached hydrogens (tertiary/aromatic N) is 3. The first kappa shape index (κ1) is 25.5. The van der Waals surface area contributed by atoms with Crippen molar-refractivity contribution in [3.63, 3.8) is 0 Å². The number of anilines is 1. The highest BCUT2D eigenvalue weighted by molar-refractivity contribution is 8.04. The Morgan fingerprint density at radius 2 is 1.97 bits per heavy atom.